The Morgan fingerprint density at radius 2 is 1.78 bits per heavy atom. The lowest BCUT2D eigenvalue weighted by molar-refractivity contribution is -0.112. The molecule has 9 heteroatoms. The molecule has 0 fully saturated rings. The van der Waals surface area contributed by atoms with Gasteiger partial charge >= 0.3 is 5.97 Å². The maximum Gasteiger partial charge on any atom is 0.335 e. The summed E-state index contributed by atoms with van der Waals surface area (Å²) < 4.78 is 16.6. The van der Waals surface area contributed by atoms with Crippen molar-refractivity contribution in [1.29, 1.82) is 5.26 Å². The monoisotopic (exact) mass is 506 g/mol. The first kappa shape index (κ1) is 26.1. The number of carboxylic acid groups (broad SMARTS) is 1. The van der Waals surface area contributed by atoms with Gasteiger partial charge in [-0.1, -0.05) is 23.7 Å². The third-order valence-electron chi connectivity index (χ3n) is 4.94. The van der Waals surface area contributed by atoms with Crippen LogP contribution < -0.4 is 19.5 Å². The third kappa shape index (κ3) is 6.78. The zero-order valence-electron chi connectivity index (χ0n) is 19.6. The number of aromatic carboxylic acids is 1. The van der Waals surface area contributed by atoms with E-state index in [1.165, 1.54) is 25.3 Å². The Morgan fingerprint density at radius 3 is 2.36 bits per heavy atom. The van der Waals surface area contributed by atoms with Crippen LogP contribution in [0.2, 0.25) is 5.02 Å². The molecule has 184 valence electrons. The topological polar surface area (TPSA) is 118 Å². The predicted molar refractivity (Wildman–Crippen MR) is 136 cm³/mol. The van der Waals surface area contributed by atoms with Gasteiger partial charge in [0.25, 0.3) is 5.91 Å². The average molecular weight is 507 g/mol. The fourth-order valence-electron chi connectivity index (χ4n) is 3.18. The first-order valence-corrected chi connectivity index (χ1v) is 11.2. The summed E-state index contributed by atoms with van der Waals surface area (Å²) in [7, 11) is 1.44. The number of nitrogens with zero attached hydrogens (tertiary/aromatic N) is 1. The predicted octanol–water partition coefficient (Wildman–Crippen LogP) is 5.57. The van der Waals surface area contributed by atoms with Crippen molar-refractivity contribution in [2.45, 2.75) is 13.5 Å². The van der Waals surface area contributed by atoms with E-state index < -0.39 is 11.9 Å². The van der Waals surface area contributed by atoms with Crippen LogP contribution in [0.4, 0.5) is 5.69 Å². The molecule has 36 heavy (non-hydrogen) atoms. The van der Waals surface area contributed by atoms with Crippen molar-refractivity contribution in [2.24, 2.45) is 0 Å². The number of amides is 1. The number of benzene rings is 3. The summed E-state index contributed by atoms with van der Waals surface area (Å²) in [6, 6.07) is 18.1. The Balaban J connectivity index is 1.75. The van der Waals surface area contributed by atoms with Crippen LogP contribution >= 0.6 is 11.6 Å². The Labute approximate surface area is 213 Å². The van der Waals surface area contributed by atoms with Gasteiger partial charge in [0, 0.05) is 5.69 Å². The van der Waals surface area contributed by atoms with E-state index in [9.17, 15) is 14.9 Å². The molecule has 0 aliphatic rings. The zero-order valence-corrected chi connectivity index (χ0v) is 20.3. The lowest BCUT2D eigenvalue weighted by Crippen LogP contribution is -2.13. The highest BCUT2D eigenvalue weighted by molar-refractivity contribution is 6.32. The summed E-state index contributed by atoms with van der Waals surface area (Å²) >= 11 is 6.42. The van der Waals surface area contributed by atoms with Crippen molar-refractivity contribution < 1.29 is 28.9 Å². The SMILES string of the molecule is CCOc1ccc(NC(=O)/C(C#N)=C\c2cc(Cl)c(OCc3ccc(C(=O)O)cc3)c(OC)c2)cc1. The van der Waals surface area contributed by atoms with E-state index in [0.717, 1.165) is 5.56 Å². The quantitative estimate of drug-likeness (QED) is 0.272. The second-order valence-electron chi connectivity index (χ2n) is 7.41. The number of carbonyl (C=O) groups is 2. The van der Waals surface area contributed by atoms with E-state index in [-0.39, 0.29) is 28.5 Å². The molecular weight excluding hydrogens is 484 g/mol. The van der Waals surface area contributed by atoms with Crippen LogP contribution in [-0.4, -0.2) is 30.7 Å². The number of carboxylic acids is 1. The maximum atomic E-state index is 12.6. The molecule has 2 N–H and O–H groups in total. The molecule has 0 bridgehead atoms. The second-order valence-corrected chi connectivity index (χ2v) is 7.81. The normalized spacial score (nSPS) is 10.8. The summed E-state index contributed by atoms with van der Waals surface area (Å²) in [5, 5.41) is 21.4. The van der Waals surface area contributed by atoms with Gasteiger partial charge in [-0.25, -0.2) is 4.79 Å². The number of halogens is 1. The van der Waals surface area contributed by atoms with Crippen LogP contribution in [0, 0.1) is 11.3 Å². The lowest BCUT2D eigenvalue weighted by Gasteiger charge is -2.14. The Hall–Kier alpha value is -4.48. The minimum Gasteiger partial charge on any atom is -0.494 e. The molecular formula is C27H23ClN2O6. The van der Waals surface area contributed by atoms with Gasteiger partial charge in [0.05, 0.1) is 24.3 Å². The van der Waals surface area contributed by atoms with Crippen molar-refractivity contribution in [1.82, 2.24) is 0 Å². The fourth-order valence-corrected chi connectivity index (χ4v) is 3.45. The number of methoxy groups -OCH3 is 1. The van der Waals surface area contributed by atoms with Gasteiger partial charge in [-0.3, -0.25) is 4.79 Å². The van der Waals surface area contributed by atoms with Crippen LogP contribution in [-0.2, 0) is 11.4 Å². The number of rotatable bonds is 10. The second kappa shape index (κ2) is 12.3. The van der Waals surface area contributed by atoms with E-state index in [4.69, 9.17) is 30.9 Å². The van der Waals surface area contributed by atoms with Crippen LogP contribution in [0.25, 0.3) is 6.08 Å². The van der Waals surface area contributed by atoms with E-state index in [2.05, 4.69) is 5.32 Å². The summed E-state index contributed by atoms with van der Waals surface area (Å²) in [5.41, 5.74) is 1.76. The summed E-state index contributed by atoms with van der Waals surface area (Å²) in [4.78, 5) is 23.6. The Morgan fingerprint density at radius 1 is 1.08 bits per heavy atom. The molecule has 3 aromatic rings. The Bertz CT molecular complexity index is 1310. The maximum absolute atomic E-state index is 12.6. The van der Waals surface area contributed by atoms with Crippen molar-refractivity contribution >= 4 is 35.2 Å². The van der Waals surface area contributed by atoms with Crippen molar-refractivity contribution in [3.8, 4) is 23.3 Å². The number of nitrogens with one attached hydrogen (secondary N) is 1. The first-order valence-electron chi connectivity index (χ1n) is 10.8. The van der Waals surface area contributed by atoms with Gasteiger partial charge in [-0.15, -0.1) is 0 Å². The minimum absolute atomic E-state index is 0.124. The molecule has 0 saturated carbocycles. The largest absolute Gasteiger partial charge is 0.494 e. The van der Waals surface area contributed by atoms with Crippen LogP contribution in [0.5, 0.6) is 17.2 Å². The van der Waals surface area contributed by atoms with Crippen molar-refractivity contribution in [2.75, 3.05) is 19.0 Å². The minimum atomic E-state index is -1.01. The van der Waals surface area contributed by atoms with Gasteiger partial charge < -0.3 is 24.6 Å². The molecule has 0 aliphatic heterocycles. The molecule has 1 amide bonds. The summed E-state index contributed by atoms with van der Waals surface area (Å²) in [5.74, 6) is -0.341. The molecule has 8 nitrogen and oxygen atoms in total. The Kier molecular flexibility index (Phi) is 8.92. The van der Waals surface area contributed by atoms with Crippen molar-refractivity contribution in [3.05, 3.63) is 87.9 Å². The zero-order chi connectivity index (χ0) is 26.1. The molecule has 0 atom stereocenters. The highest BCUT2D eigenvalue weighted by atomic mass is 35.5. The van der Waals surface area contributed by atoms with Gasteiger partial charge in [0.15, 0.2) is 11.5 Å². The average Bonchev–Trinajstić information content (AvgIpc) is 2.87. The van der Waals surface area contributed by atoms with Crippen LogP contribution in [0.3, 0.4) is 0 Å². The van der Waals surface area contributed by atoms with Gasteiger partial charge in [-0.05, 0) is 72.7 Å². The van der Waals surface area contributed by atoms with E-state index in [1.54, 1.807) is 48.5 Å². The van der Waals surface area contributed by atoms with Gasteiger partial charge in [0.1, 0.15) is 24.0 Å². The fraction of sp³-hybridized carbons (Fsp3) is 0.148. The van der Waals surface area contributed by atoms with Crippen molar-refractivity contribution in [3.63, 3.8) is 0 Å². The molecule has 0 spiro atoms. The lowest BCUT2D eigenvalue weighted by atomic mass is 10.1. The highest BCUT2D eigenvalue weighted by Crippen LogP contribution is 2.37. The standard InChI is InChI=1S/C27H23ClN2O6/c1-3-35-22-10-8-21(9-11-22)30-26(31)20(15-29)12-18-13-23(28)25(24(14-18)34-2)36-16-17-4-6-19(7-5-17)27(32)33/h4-14H,3,16H2,1-2H3,(H,30,31)(H,32,33)/b20-12-. The third-order valence-corrected chi connectivity index (χ3v) is 5.22. The molecule has 0 heterocycles. The number of ether oxygens (including phenoxy) is 3. The molecule has 0 unspecified atom stereocenters. The van der Waals surface area contributed by atoms with E-state index >= 15 is 0 Å². The molecule has 3 aromatic carbocycles. The summed E-state index contributed by atoms with van der Waals surface area (Å²) in [6.45, 7) is 2.53. The molecule has 0 radical (unpaired) electrons. The number of hydrogen-bond donors (Lipinski definition) is 2. The highest BCUT2D eigenvalue weighted by Gasteiger charge is 2.15. The molecule has 0 aliphatic carbocycles. The first-order chi connectivity index (χ1) is 17.3. The number of hydrogen-bond acceptors (Lipinski definition) is 6. The molecule has 3 rings (SSSR count). The van der Waals surface area contributed by atoms with Crippen LogP contribution in [0.15, 0.2) is 66.2 Å². The smallest absolute Gasteiger partial charge is 0.335 e. The summed E-state index contributed by atoms with van der Waals surface area (Å²) in [6.07, 6.45) is 1.40. The number of anilines is 1. The molecule has 0 saturated heterocycles. The number of nitriles is 1. The van der Waals surface area contributed by atoms with E-state index in [0.29, 0.717) is 29.4 Å². The molecule has 0 aromatic heterocycles. The van der Waals surface area contributed by atoms with Gasteiger partial charge in [-0.2, -0.15) is 5.26 Å². The van der Waals surface area contributed by atoms with Gasteiger partial charge in [0.2, 0.25) is 0 Å². The van der Waals surface area contributed by atoms with E-state index in [1.807, 2.05) is 13.0 Å². The van der Waals surface area contributed by atoms with Crippen LogP contribution in [0.1, 0.15) is 28.4 Å². The number of carbonyl (C=O) groups excluding carboxylic acids is 1.